The van der Waals surface area contributed by atoms with Crippen molar-refractivity contribution in [2.45, 2.75) is 13.0 Å². The number of aromatic nitrogens is 2. The van der Waals surface area contributed by atoms with Crippen LogP contribution in [0.5, 0.6) is 5.75 Å². The van der Waals surface area contributed by atoms with Crippen LogP contribution >= 0.6 is 0 Å². The molecule has 7 nitrogen and oxygen atoms in total. The van der Waals surface area contributed by atoms with Gasteiger partial charge in [0.2, 0.25) is 0 Å². The van der Waals surface area contributed by atoms with Crippen molar-refractivity contribution in [1.82, 2.24) is 14.5 Å². The number of esters is 1. The average Bonchev–Trinajstić information content (AvgIpc) is 2.87. The molecule has 0 unspecified atom stereocenters. The van der Waals surface area contributed by atoms with E-state index in [-0.39, 0.29) is 35.6 Å². The number of carbonyl (C=O) groups is 1. The minimum atomic E-state index is -2.82. The van der Waals surface area contributed by atoms with Crippen LogP contribution < -0.4 is 10.3 Å². The monoisotopic (exact) mass is 479 g/mol. The molecule has 1 aliphatic rings. The number of alkyl halides is 2. The highest BCUT2D eigenvalue weighted by Crippen LogP contribution is 2.36. The Morgan fingerprint density at radius 1 is 1.14 bits per heavy atom. The number of benzene rings is 1. The first-order valence-electron chi connectivity index (χ1n) is 10.8. The van der Waals surface area contributed by atoms with Gasteiger partial charge < -0.3 is 14.4 Å². The van der Waals surface area contributed by atoms with Gasteiger partial charge in [-0.3, -0.25) is 14.3 Å². The van der Waals surface area contributed by atoms with Gasteiger partial charge >= 0.3 is 5.97 Å². The molecule has 0 spiro atoms. The second-order valence-electron chi connectivity index (χ2n) is 7.83. The van der Waals surface area contributed by atoms with Crippen LogP contribution in [0.2, 0.25) is 0 Å². The van der Waals surface area contributed by atoms with Gasteiger partial charge in [0.05, 0.1) is 25.4 Å². The van der Waals surface area contributed by atoms with Gasteiger partial charge in [-0.05, 0) is 23.8 Å². The fraction of sp³-hybridized carbons (Fsp3) is 0.192. The van der Waals surface area contributed by atoms with Crippen LogP contribution in [0.4, 0.5) is 8.78 Å². The Balaban J connectivity index is 1.85. The Morgan fingerprint density at radius 3 is 2.57 bits per heavy atom. The number of hydrogen-bond donors (Lipinski definition) is 0. The molecule has 0 amide bonds. The summed E-state index contributed by atoms with van der Waals surface area (Å²) in [6.07, 6.45) is 1.56. The zero-order valence-electron chi connectivity index (χ0n) is 19.2. The zero-order valence-corrected chi connectivity index (χ0v) is 19.2. The number of methoxy groups -OCH3 is 1. The van der Waals surface area contributed by atoms with Gasteiger partial charge in [0, 0.05) is 30.4 Å². The lowest BCUT2D eigenvalue weighted by Gasteiger charge is -2.30. The molecule has 0 bridgehead atoms. The smallest absolute Gasteiger partial charge is 0.336 e. The van der Waals surface area contributed by atoms with Crippen molar-refractivity contribution in [2.24, 2.45) is 0 Å². The highest BCUT2D eigenvalue weighted by molar-refractivity contribution is 6.03. The molecule has 1 aliphatic heterocycles. The summed E-state index contributed by atoms with van der Waals surface area (Å²) < 4.78 is 39.3. The van der Waals surface area contributed by atoms with Crippen molar-refractivity contribution in [3.05, 3.63) is 106 Å². The van der Waals surface area contributed by atoms with Gasteiger partial charge in [0.25, 0.3) is 12.0 Å². The molecule has 35 heavy (non-hydrogen) atoms. The summed E-state index contributed by atoms with van der Waals surface area (Å²) in [5.41, 5.74) is 0.861. The SMILES string of the molecule is COc1cnc(C(F)F)cc1C1=C(C(=O)OCc2ccccc2)CN(C)C(n2ccccc2=O)=C1. The number of hydrogen-bond acceptors (Lipinski definition) is 6. The van der Waals surface area contributed by atoms with E-state index in [9.17, 15) is 18.4 Å². The van der Waals surface area contributed by atoms with Crippen molar-refractivity contribution in [3.63, 3.8) is 0 Å². The first-order valence-corrected chi connectivity index (χ1v) is 10.8. The number of nitrogens with zero attached hydrogens (tertiary/aromatic N) is 3. The van der Waals surface area contributed by atoms with E-state index in [1.807, 2.05) is 30.3 Å². The lowest BCUT2D eigenvalue weighted by molar-refractivity contribution is -0.140. The number of ether oxygens (including phenoxy) is 2. The maximum absolute atomic E-state index is 13.5. The molecule has 0 saturated carbocycles. The molecule has 0 fully saturated rings. The van der Waals surface area contributed by atoms with Crippen LogP contribution in [0, 0.1) is 0 Å². The summed E-state index contributed by atoms with van der Waals surface area (Å²) in [6.45, 7) is 0.121. The van der Waals surface area contributed by atoms with Gasteiger partial charge in [0.15, 0.2) is 0 Å². The second kappa shape index (κ2) is 10.3. The summed E-state index contributed by atoms with van der Waals surface area (Å²) in [7, 11) is 3.11. The van der Waals surface area contributed by atoms with Crippen LogP contribution in [0.25, 0.3) is 11.4 Å². The van der Waals surface area contributed by atoms with Gasteiger partial charge in [-0.2, -0.15) is 0 Å². The predicted octanol–water partition coefficient (Wildman–Crippen LogP) is 4.13. The van der Waals surface area contributed by atoms with Crippen LogP contribution in [0.3, 0.4) is 0 Å². The van der Waals surface area contributed by atoms with E-state index < -0.39 is 18.1 Å². The van der Waals surface area contributed by atoms with Crippen molar-refractivity contribution >= 4 is 17.4 Å². The molecule has 4 rings (SSSR count). The van der Waals surface area contributed by atoms with E-state index in [4.69, 9.17) is 9.47 Å². The van der Waals surface area contributed by atoms with Gasteiger partial charge in [0.1, 0.15) is 23.9 Å². The third-order valence-electron chi connectivity index (χ3n) is 5.54. The standard InChI is InChI=1S/C26H23F2N3O4/c1-30-15-20(26(33)35-16-17-8-4-3-5-9-17)18(13-23(30)31-11-7-6-10-24(31)32)19-12-21(25(27)28)29-14-22(19)34-2/h3-14,25H,15-16H2,1-2H3. The molecule has 0 N–H and O–H groups in total. The van der Waals surface area contributed by atoms with Crippen molar-refractivity contribution in [2.75, 3.05) is 20.7 Å². The first kappa shape index (κ1) is 23.9. The van der Waals surface area contributed by atoms with Crippen molar-refractivity contribution in [3.8, 4) is 5.75 Å². The first-order chi connectivity index (χ1) is 16.9. The number of allylic oxidation sites excluding steroid dienone is 2. The summed E-state index contributed by atoms with van der Waals surface area (Å²) in [6, 6.07) is 15.1. The largest absolute Gasteiger partial charge is 0.494 e. The zero-order chi connectivity index (χ0) is 24.9. The molecule has 2 aromatic heterocycles. The van der Waals surface area contributed by atoms with Crippen LogP contribution in [-0.4, -0.2) is 41.1 Å². The highest BCUT2D eigenvalue weighted by atomic mass is 19.3. The van der Waals surface area contributed by atoms with Crippen LogP contribution in [0.15, 0.2) is 83.4 Å². The third-order valence-corrected chi connectivity index (χ3v) is 5.54. The Morgan fingerprint density at radius 2 is 1.89 bits per heavy atom. The van der Waals surface area contributed by atoms with E-state index >= 15 is 0 Å². The topological polar surface area (TPSA) is 73.7 Å². The summed E-state index contributed by atoms with van der Waals surface area (Å²) in [5, 5.41) is 0. The summed E-state index contributed by atoms with van der Waals surface area (Å²) in [4.78, 5) is 31.2. The predicted molar refractivity (Wildman–Crippen MR) is 127 cm³/mol. The van der Waals surface area contributed by atoms with Crippen molar-refractivity contribution in [1.29, 1.82) is 0 Å². The average molecular weight is 479 g/mol. The fourth-order valence-electron chi connectivity index (χ4n) is 3.78. The van der Waals surface area contributed by atoms with Gasteiger partial charge in [-0.1, -0.05) is 36.4 Å². The Kier molecular flexibility index (Phi) is 7.05. The lowest BCUT2D eigenvalue weighted by atomic mass is 9.95. The molecule has 3 aromatic rings. The minimum absolute atomic E-state index is 0.0463. The van der Waals surface area contributed by atoms with E-state index in [2.05, 4.69) is 4.98 Å². The molecule has 3 heterocycles. The fourth-order valence-corrected chi connectivity index (χ4v) is 3.78. The Hall–Kier alpha value is -4.27. The maximum Gasteiger partial charge on any atom is 0.336 e. The van der Waals surface area contributed by atoms with Crippen LogP contribution in [-0.2, 0) is 16.1 Å². The molecule has 0 atom stereocenters. The second-order valence-corrected chi connectivity index (χ2v) is 7.83. The summed E-state index contributed by atoms with van der Waals surface area (Å²) in [5.74, 6) is 0.0601. The maximum atomic E-state index is 13.5. The van der Waals surface area contributed by atoms with E-state index in [1.165, 1.54) is 30.0 Å². The molecule has 0 aliphatic carbocycles. The quantitative estimate of drug-likeness (QED) is 0.475. The van der Waals surface area contributed by atoms with E-state index in [1.54, 1.807) is 36.4 Å². The number of halogens is 2. The molecular weight excluding hydrogens is 456 g/mol. The number of likely N-dealkylation sites (N-methyl/N-ethyl adjacent to an activating group) is 1. The Labute approximate surface area is 200 Å². The number of rotatable bonds is 7. The lowest BCUT2D eigenvalue weighted by Crippen LogP contribution is -2.33. The van der Waals surface area contributed by atoms with E-state index in [0.29, 0.717) is 11.4 Å². The highest BCUT2D eigenvalue weighted by Gasteiger charge is 2.28. The van der Waals surface area contributed by atoms with Gasteiger partial charge in [-0.25, -0.2) is 13.6 Å². The molecule has 0 saturated heterocycles. The number of pyridine rings is 2. The number of carbonyl (C=O) groups excluding carboxylic acids is 1. The molecule has 0 radical (unpaired) electrons. The third kappa shape index (κ3) is 5.13. The molecule has 9 heteroatoms. The van der Waals surface area contributed by atoms with E-state index in [0.717, 1.165) is 5.56 Å². The molecule has 1 aromatic carbocycles. The minimum Gasteiger partial charge on any atom is -0.494 e. The molecule has 180 valence electrons. The molecular formula is C26H23F2N3O4. The van der Waals surface area contributed by atoms with Crippen molar-refractivity contribution < 1.29 is 23.0 Å². The van der Waals surface area contributed by atoms with Crippen LogP contribution in [0.1, 0.15) is 23.2 Å². The summed E-state index contributed by atoms with van der Waals surface area (Å²) >= 11 is 0. The normalized spacial score (nSPS) is 13.6. The van der Waals surface area contributed by atoms with Gasteiger partial charge in [-0.15, -0.1) is 0 Å². The Bertz CT molecular complexity index is 1350.